The number of ether oxygens (including phenoxy) is 2. The summed E-state index contributed by atoms with van der Waals surface area (Å²) in [6.45, 7) is 3.63. The highest BCUT2D eigenvalue weighted by molar-refractivity contribution is 7.16. The highest BCUT2D eigenvalue weighted by Crippen LogP contribution is 2.23. The summed E-state index contributed by atoms with van der Waals surface area (Å²) in [6.07, 6.45) is 0.0705. The zero-order chi connectivity index (χ0) is 20.8. The summed E-state index contributed by atoms with van der Waals surface area (Å²) in [7, 11) is 1.61. The molecule has 0 saturated heterocycles. The predicted octanol–water partition coefficient (Wildman–Crippen LogP) is 3.33. The first-order valence-electron chi connectivity index (χ1n) is 9.08. The molecule has 1 amide bonds. The third-order valence-corrected chi connectivity index (χ3v) is 5.32. The number of thiazole rings is 1. The highest BCUT2D eigenvalue weighted by Gasteiger charge is 2.11. The van der Waals surface area contributed by atoms with Gasteiger partial charge in [0, 0.05) is 25.3 Å². The molecule has 29 heavy (non-hydrogen) atoms. The minimum absolute atomic E-state index is 0.00893. The zero-order valence-electron chi connectivity index (χ0n) is 16.2. The van der Waals surface area contributed by atoms with Crippen molar-refractivity contribution in [1.82, 2.24) is 4.57 Å². The van der Waals surface area contributed by atoms with Gasteiger partial charge in [-0.25, -0.2) is 0 Å². The van der Waals surface area contributed by atoms with E-state index in [0.717, 1.165) is 16.0 Å². The molecule has 3 aromatic rings. The van der Waals surface area contributed by atoms with Crippen molar-refractivity contribution in [2.75, 3.05) is 20.3 Å². The van der Waals surface area contributed by atoms with Crippen molar-refractivity contribution in [3.8, 4) is 5.75 Å². The minimum Gasteiger partial charge on any atom is -0.497 e. The van der Waals surface area contributed by atoms with Crippen molar-refractivity contribution in [3.63, 3.8) is 0 Å². The van der Waals surface area contributed by atoms with E-state index >= 15 is 0 Å². The molecule has 0 unspecified atom stereocenters. The van der Waals surface area contributed by atoms with Crippen molar-refractivity contribution in [2.45, 2.75) is 19.9 Å². The smallest absolute Gasteiger partial charge is 0.269 e. The van der Waals surface area contributed by atoms with E-state index in [1.54, 1.807) is 19.2 Å². The Bertz CT molecular complexity index is 1090. The summed E-state index contributed by atoms with van der Waals surface area (Å²) >= 11 is 1.41. The van der Waals surface area contributed by atoms with Crippen LogP contribution in [0, 0.1) is 10.1 Å². The number of non-ortho nitro benzene ring substituents is 1. The normalized spacial score (nSPS) is 11.7. The Labute approximate surface area is 171 Å². The summed E-state index contributed by atoms with van der Waals surface area (Å²) in [5, 5.41) is 10.8. The molecule has 1 heterocycles. The van der Waals surface area contributed by atoms with E-state index in [2.05, 4.69) is 4.99 Å². The van der Waals surface area contributed by atoms with Crippen LogP contribution in [0.2, 0.25) is 0 Å². The van der Waals surface area contributed by atoms with Gasteiger partial charge in [0.15, 0.2) is 4.80 Å². The average Bonchev–Trinajstić information content (AvgIpc) is 3.04. The number of amides is 1. The third kappa shape index (κ3) is 5.07. The molecule has 152 valence electrons. The lowest BCUT2D eigenvalue weighted by atomic mass is 10.1. The molecule has 2 aromatic carbocycles. The van der Waals surface area contributed by atoms with E-state index < -0.39 is 4.92 Å². The molecular formula is C20H21N3O5S. The number of carbonyl (C=O) groups excluding carboxylic acids is 1. The number of nitro groups is 1. The Kier molecular flexibility index (Phi) is 6.73. The Balaban J connectivity index is 1.90. The lowest BCUT2D eigenvalue weighted by Crippen LogP contribution is -2.20. The molecule has 0 spiro atoms. The Morgan fingerprint density at radius 2 is 2.00 bits per heavy atom. The van der Waals surface area contributed by atoms with Gasteiger partial charge < -0.3 is 14.0 Å². The number of aromatic nitrogens is 1. The average molecular weight is 415 g/mol. The van der Waals surface area contributed by atoms with E-state index in [4.69, 9.17) is 9.47 Å². The fourth-order valence-electron chi connectivity index (χ4n) is 2.84. The zero-order valence-corrected chi connectivity index (χ0v) is 17.0. The van der Waals surface area contributed by atoms with Gasteiger partial charge in [-0.3, -0.25) is 14.9 Å². The van der Waals surface area contributed by atoms with Gasteiger partial charge in [0.1, 0.15) is 5.75 Å². The molecular weight excluding hydrogens is 394 g/mol. The number of nitro benzene ring substituents is 1. The number of rotatable bonds is 8. The van der Waals surface area contributed by atoms with Crippen molar-refractivity contribution in [3.05, 3.63) is 62.9 Å². The van der Waals surface area contributed by atoms with Gasteiger partial charge in [-0.05, 0) is 30.7 Å². The van der Waals surface area contributed by atoms with E-state index in [1.165, 1.54) is 23.5 Å². The number of methoxy groups -OCH3 is 1. The molecule has 0 saturated carbocycles. The Morgan fingerprint density at radius 1 is 1.24 bits per heavy atom. The van der Waals surface area contributed by atoms with Gasteiger partial charge in [0.2, 0.25) is 0 Å². The van der Waals surface area contributed by atoms with Gasteiger partial charge >= 0.3 is 0 Å². The number of carbonyl (C=O) groups is 1. The van der Waals surface area contributed by atoms with Gasteiger partial charge in [-0.1, -0.05) is 23.5 Å². The number of benzene rings is 2. The van der Waals surface area contributed by atoms with Crippen LogP contribution in [0.1, 0.15) is 12.5 Å². The highest BCUT2D eigenvalue weighted by atomic mass is 32.1. The van der Waals surface area contributed by atoms with Crippen molar-refractivity contribution in [2.24, 2.45) is 4.99 Å². The van der Waals surface area contributed by atoms with Crippen molar-refractivity contribution < 1.29 is 19.2 Å². The minimum atomic E-state index is -0.470. The van der Waals surface area contributed by atoms with E-state index in [9.17, 15) is 14.9 Å². The maximum absolute atomic E-state index is 12.5. The summed E-state index contributed by atoms with van der Waals surface area (Å²) in [5.41, 5.74) is 1.62. The molecule has 8 nitrogen and oxygen atoms in total. The van der Waals surface area contributed by atoms with Crippen LogP contribution in [0.3, 0.4) is 0 Å². The molecule has 1 aromatic heterocycles. The topological polar surface area (TPSA) is 96.0 Å². The fraction of sp³-hybridized carbons (Fsp3) is 0.300. The SMILES string of the molecule is CCOCCn1c(=NC(=O)Cc2ccc([N+](=O)[O-])cc2)sc2cc(OC)ccc21. The van der Waals surface area contributed by atoms with E-state index in [-0.39, 0.29) is 18.0 Å². The lowest BCUT2D eigenvalue weighted by molar-refractivity contribution is -0.384. The summed E-state index contributed by atoms with van der Waals surface area (Å²) < 4.78 is 13.7. The van der Waals surface area contributed by atoms with Crippen LogP contribution in [0.25, 0.3) is 10.2 Å². The molecule has 0 fully saturated rings. The second-order valence-electron chi connectivity index (χ2n) is 6.17. The maximum atomic E-state index is 12.5. The first-order valence-corrected chi connectivity index (χ1v) is 9.89. The van der Waals surface area contributed by atoms with E-state index in [0.29, 0.717) is 30.1 Å². The first-order chi connectivity index (χ1) is 14.0. The first kappa shape index (κ1) is 20.7. The van der Waals surface area contributed by atoms with Crippen LogP contribution in [0.4, 0.5) is 5.69 Å². The molecule has 0 aliphatic carbocycles. The van der Waals surface area contributed by atoms with Gasteiger partial charge in [0.05, 0.1) is 35.3 Å². The molecule has 0 aliphatic heterocycles. The van der Waals surface area contributed by atoms with Crippen LogP contribution in [-0.4, -0.2) is 35.7 Å². The van der Waals surface area contributed by atoms with Crippen LogP contribution in [0.5, 0.6) is 5.75 Å². The van der Waals surface area contributed by atoms with Crippen LogP contribution in [-0.2, 0) is 22.5 Å². The van der Waals surface area contributed by atoms with Gasteiger partial charge in [-0.2, -0.15) is 4.99 Å². The second kappa shape index (κ2) is 9.44. The molecule has 9 heteroatoms. The number of hydrogen-bond donors (Lipinski definition) is 0. The van der Waals surface area contributed by atoms with Crippen molar-refractivity contribution >= 4 is 33.1 Å². The quantitative estimate of drug-likeness (QED) is 0.319. The van der Waals surface area contributed by atoms with Crippen LogP contribution < -0.4 is 9.54 Å². The summed E-state index contributed by atoms with van der Waals surface area (Å²) in [6, 6.07) is 11.6. The number of hydrogen-bond acceptors (Lipinski definition) is 6. The van der Waals surface area contributed by atoms with Gasteiger partial charge in [-0.15, -0.1) is 0 Å². The van der Waals surface area contributed by atoms with Crippen LogP contribution in [0.15, 0.2) is 47.5 Å². The van der Waals surface area contributed by atoms with Crippen LogP contribution >= 0.6 is 11.3 Å². The van der Waals surface area contributed by atoms with E-state index in [1.807, 2.05) is 29.7 Å². The number of nitrogens with zero attached hydrogens (tertiary/aromatic N) is 3. The van der Waals surface area contributed by atoms with Crippen molar-refractivity contribution in [1.29, 1.82) is 0 Å². The molecule has 3 rings (SSSR count). The molecule has 0 bridgehead atoms. The molecule has 0 aliphatic rings. The van der Waals surface area contributed by atoms with Gasteiger partial charge in [0.25, 0.3) is 11.6 Å². The Hall–Kier alpha value is -3.04. The predicted molar refractivity (Wildman–Crippen MR) is 110 cm³/mol. The molecule has 0 radical (unpaired) electrons. The maximum Gasteiger partial charge on any atom is 0.269 e. The third-order valence-electron chi connectivity index (χ3n) is 4.28. The number of fused-ring (bicyclic) bond motifs is 1. The summed E-state index contributed by atoms with van der Waals surface area (Å²) in [5.74, 6) is 0.419. The monoisotopic (exact) mass is 415 g/mol. The molecule has 0 atom stereocenters. The fourth-order valence-corrected chi connectivity index (χ4v) is 3.94. The summed E-state index contributed by atoms with van der Waals surface area (Å²) in [4.78, 5) is 27.7. The lowest BCUT2D eigenvalue weighted by Gasteiger charge is -2.06. The second-order valence-corrected chi connectivity index (χ2v) is 7.18. The molecule has 0 N–H and O–H groups in total. The standard InChI is InChI=1S/C20H21N3O5S/c1-3-28-11-10-22-17-9-8-16(27-2)13-18(17)29-20(22)21-19(24)12-14-4-6-15(7-5-14)23(25)26/h4-9,13H,3,10-12H2,1-2H3. The Morgan fingerprint density at radius 3 is 2.66 bits per heavy atom. The largest absolute Gasteiger partial charge is 0.497 e.